The molecule has 0 amide bonds. The Morgan fingerprint density at radius 3 is 2.76 bits per heavy atom. The summed E-state index contributed by atoms with van der Waals surface area (Å²) in [6, 6.07) is 13.3. The molecule has 0 saturated carbocycles. The highest BCUT2D eigenvalue weighted by Gasteiger charge is 2.17. The van der Waals surface area contributed by atoms with Gasteiger partial charge in [-0.25, -0.2) is 9.50 Å². The van der Waals surface area contributed by atoms with Crippen LogP contribution < -0.4 is 4.72 Å². The molecule has 0 spiro atoms. The summed E-state index contributed by atoms with van der Waals surface area (Å²) in [6.07, 6.45) is 2.84. The highest BCUT2D eigenvalue weighted by atomic mass is 35.5. The molecule has 0 saturated heterocycles. The lowest BCUT2D eigenvalue weighted by Crippen LogP contribution is -2.12. The molecule has 126 valence electrons. The lowest BCUT2D eigenvalue weighted by Gasteiger charge is -2.05. The van der Waals surface area contributed by atoms with Gasteiger partial charge < -0.3 is 4.42 Å². The lowest BCUT2D eigenvalue weighted by atomic mass is 10.2. The minimum Gasteiger partial charge on any atom is -0.451 e. The molecular weight excluding hydrogens is 364 g/mol. The number of pyridine rings is 1. The first kappa shape index (κ1) is 15.7. The summed E-state index contributed by atoms with van der Waals surface area (Å²) in [5, 5.41) is 4.79. The van der Waals surface area contributed by atoms with E-state index >= 15 is 0 Å². The Morgan fingerprint density at radius 1 is 1.12 bits per heavy atom. The van der Waals surface area contributed by atoms with Crippen LogP contribution in [0.1, 0.15) is 0 Å². The fourth-order valence-corrected chi connectivity index (χ4v) is 3.48. The van der Waals surface area contributed by atoms with Gasteiger partial charge in [0.1, 0.15) is 0 Å². The molecular formula is C16H11ClN4O3S. The van der Waals surface area contributed by atoms with Gasteiger partial charge in [0.2, 0.25) is 5.09 Å². The molecule has 3 aromatic heterocycles. The maximum absolute atomic E-state index is 12.2. The van der Waals surface area contributed by atoms with E-state index in [1.165, 1.54) is 29.1 Å². The van der Waals surface area contributed by atoms with Crippen LogP contribution in [0.2, 0.25) is 5.02 Å². The molecule has 3 heterocycles. The Bertz CT molecular complexity index is 1150. The summed E-state index contributed by atoms with van der Waals surface area (Å²) >= 11 is 5.99. The standard InChI is InChI=1S/C16H11ClN4O3S/c17-12-4-1-3-11(9-12)16-18-14-7-6-13(10-21(14)19-16)20-25(22,23)15-5-2-8-24-15/h1-10,20H. The van der Waals surface area contributed by atoms with Gasteiger partial charge in [-0.3, -0.25) is 4.72 Å². The van der Waals surface area contributed by atoms with Crippen LogP contribution in [0, 0.1) is 0 Å². The molecule has 0 fully saturated rings. The third kappa shape index (κ3) is 3.09. The molecule has 0 aliphatic rings. The van der Waals surface area contributed by atoms with Crippen molar-refractivity contribution in [1.29, 1.82) is 0 Å². The van der Waals surface area contributed by atoms with E-state index in [4.69, 9.17) is 16.0 Å². The largest absolute Gasteiger partial charge is 0.451 e. The number of sulfonamides is 1. The van der Waals surface area contributed by atoms with Crippen LogP contribution in [0.3, 0.4) is 0 Å². The van der Waals surface area contributed by atoms with Gasteiger partial charge in [0.15, 0.2) is 11.5 Å². The van der Waals surface area contributed by atoms with Crippen molar-refractivity contribution in [3.05, 3.63) is 66.0 Å². The fourth-order valence-electron chi connectivity index (χ4n) is 2.32. The first-order chi connectivity index (χ1) is 12.0. The smallest absolute Gasteiger partial charge is 0.295 e. The van der Waals surface area contributed by atoms with Crippen molar-refractivity contribution in [2.45, 2.75) is 5.09 Å². The summed E-state index contributed by atoms with van der Waals surface area (Å²) in [5.41, 5.74) is 1.69. The predicted octanol–water partition coefficient (Wildman–Crippen LogP) is 3.44. The van der Waals surface area contributed by atoms with E-state index in [1.807, 2.05) is 12.1 Å². The van der Waals surface area contributed by atoms with Gasteiger partial charge in [-0.05, 0) is 36.4 Å². The van der Waals surface area contributed by atoms with Crippen molar-refractivity contribution >= 4 is 33.0 Å². The van der Waals surface area contributed by atoms with Crippen LogP contribution >= 0.6 is 11.6 Å². The molecule has 7 nitrogen and oxygen atoms in total. The first-order valence-corrected chi connectivity index (χ1v) is 9.06. The lowest BCUT2D eigenvalue weighted by molar-refractivity contribution is 0.452. The summed E-state index contributed by atoms with van der Waals surface area (Å²) < 4.78 is 33.3. The fraction of sp³-hybridized carbons (Fsp3) is 0. The molecule has 0 unspecified atom stereocenters. The van der Waals surface area contributed by atoms with Crippen LogP contribution in [0.5, 0.6) is 0 Å². The summed E-state index contributed by atoms with van der Waals surface area (Å²) in [7, 11) is -3.79. The minimum absolute atomic E-state index is 0.161. The summed E-state index contributed by atoms with van der Waals surface area (Å²) in [4.78, 5) is 4.41. The second kappa shape index (κ2) is 5.91. The van der Waals surface area contributed by atoms with E-state index in [0.717, 1.165) is 5.56 Å². The van der Waals surface area contributed by atoms with E-state index in [0.29, 0.717) is 22.2 Å². The van der Waals surface area contributed by atoms with Gasteiger partial charge in [0.25, 0.3) is 10.0 Å². The van der Waals surface area contributed by atoms with Crippen LogP contribution in [0.25, 0.3) is 17.0 Å². The van der Waals surface area contributed by atoms with Crippen molar-refractivity contribution in [3.63, 3.8) is 0 Å². The van der Waals surface area contributed by atoms with Gasteiger partial charge in [0, 0.05) is 10.6 Å². The average Bonchev–Trinajstić information content (AvgIpc) is 3.24. The number of benzene rings is 1. The third-order valence-electron chi connectivity index (χ3n) is 3.43. The van der Waals surface area contributed by atoms with E-state index in [2.05, 4.69) is 14.8 Å². The topological polar surface area (TPSA) is 89.5 Å². The second-order valence-electron chi connectivity index (χ2n) is 5.20. The van der Waals surface area contributed by atoms with E-state index in [9.17, 15) is 8.42 Å². The number of anilines is 1. The first-order valence-electron chi connectivity index (χ1n) is 7.20. The van der Waals surface area contributed by atoms with E-state index < -0.39 is 10.0 Å². The van der Waals surface area contributed by atoms with Gasteiger partial charge in [-0.2, -0.15) is 8.42 Å². The maximum atomic E-state index is 12.2. The summed E-state index contributed by atoms with van der Waals surface area (Å²) in [5.74, 6) is 0.494. The number of nitrogens with zero attached hydrogens (tertiary/aromatic N) is 3. The van der Waals surface area contributed by atoms with Crippen LogP contribution in [-0.4, -0.2) is 23.0 Å². The van der Waals surface area contributed by atoms with E-state index in [-0.39, 0.29) is 5.09 Å². The Labute approximate surface area is 147 Å². The Balaban J connectivity index is 1.69. The van der Waals surface area contributed by atoms with Crippen LogP contribution in [-0.2, 0) is 10.0 Å². The molecule has 0 aliphatic heterocycles. The predicted molar refractivity (Wildman–Crippen MR) is 92.9 cm³/mol. The molecule has 4 aromatic rings. The van der Waals surface area contributed by atoms with Gasteiger partial charge in [0.05, 0.1) is 18.1 Å². The van der Waals surface area contributed by atoms with Gasteiger partial charge in [-0.1, -0.05) is 23.7 Å². The zero-order chi connectivity index (χ0) is 17.4. The molecule has 9 heteroatoms. The van der Waals surface area contributed by atoms with Gasteiger partial charge >= 0.3 is 0 Å². The molecule has 25 heavy (non-hydrogen) atoms. The number of furan rings is 1. The second-order valence-corrected chi connectivity index (χ2v) is 7.25. The van der Waals surface area contributed by atoms with Crippen molar-refractivity contribution in [2.75, 3.05) is 4.72 Å². The third-order valence-corrected chi connectivity index (χ3v) is 4.93. The number of hydrogen-bond donors (Lipinski definition) is 1. The molecule has 0 bridgehead atoms. The molecule has 0 radical (unpaired) electrons. The monoisotopic (exact) mass is 374 g/mol. The van der Waals surface area contributed by atoms with Gasteiger partial charge in [-0.15, -0.1) is 5.10 Å². The SMILES string of the molecule is O=S(=O)(Nc1ccc2nc(-c3cccc(Cl)c3)nn2c1)c1ccco1. The van der Waals surface area contributed by atoms with Crippen molar-refractivity contribution in [1.82, 2.24) is 14.6 Å². The normalized spacial score (nSPS) is 11.7. The quantitative estimate of drug-likeness (QED) is 0.591. The number of rotatable bonds is 4. The molecule has 1 N–H and O–H groups in total. The van der Waals surface area contributed by atoms with Crippen LogP contribution in [0.15, 0.2) is 70.5 Å². The summed E-state index contributed by atoms with van der Waals surface area (Å²) in [6.45, 7) is 0. The number of aromatic nitrogens is 3. The molecule has 0 atom stereocenters. The van der Waals surface area contributed by atoms with Crippen molar-refractivity contribution < 1.29 is 12.8 Å². The minimum atomic E-state index is -3.79. The number of hydrogen-bond acceptors (Lipinski definition) is 5. The Morgan fingerprint density at radius 2 is 2.00 bits per heavy atom. The van der Waals surface area contributed by atoms with E-state index in [1.54, 1.807) is 24.3 Å². The average molecular weight is 375 g/mol. The zero-order valence-electron chi connectivity index (χ0n) is 12.6. The maximum Gasteiger partial charge on any atom is 0.295 e. The molecule has 1 aromatic carbocycles. The number of halogens is 1. The Kier molecular flexibility index (Phi) is 3.70. The zero-order valence-corrected chi connectivity index (χ0v) is 14.2. The van der Waals surface area contributed by atoms with Crippen LogP contribution in [0.4, 0.5) is 5.69 Å². The number of nitrogens with one attached hydrogen (secondary N) is 1. The Hall–Kier alpha value is -2.84. The molecule has 4 rings (SSSR count). The highest BCUT2D eigenvalue weighted by Crippen LogP contribution is 2.22. The highest BCUT2D eigenvalue weighted by molar-refractivity contribution is 7.92. The van der Waals surface area contributed by atoms with Crippen molar-refractivity contribution in [3.8, 4) is 11.4 Å². The number of fused-ring (bicyclic) bond motifs is 1. The van der Waals surface area contributed by atoms with Crippen molar-refractivity contribution in [2.24, 2.45) is 0 Å². The molecule has 0 aliphatic carbocycles.